The molecule has 1 N–H and O–H groups in total. The number of para-hydroxylation sites is 1. The van der Waals surface area contributed by atoms with E-state index in [2.05, 4.69) is 10.4 Å². The van der Waals surface area contributed by atoms with Gasteiger partial charge in [-0.1, -0.05) is 12.1 Å². The maximum atomic E-state index is 13.0. The average molecular weight is 369 g/mol. The predicted octanol–water partition coefficient (Wildman–Crippen LogP) is 3.69. The molecular formula is C16H12ClF3N4O. The predicted molar refractivity (Wildman–Crippen MR) is 86.6 cm³/mol. The second-order valence-corrected chi connectivity index (χ2v) is 5.27. The smallest absolute Gasteiger partial charge is 0.321 e. The summed E-state index contributed by atoms with van der Waals surface area (Å²) in [4.78, 5) is 12.1. The van der Waals surface area contributed by atoms with Gasteiger partial charge in [-0.25, -0.2) is 0 Å². The molecule has 2 rings (SSSR count). The number of alkyl halides is 4. The quantitative estimate of drug-likeness (QED) is 0.497. The van der Waals surface area contributed by atoms with Crippen LogP contribution in [0.15, 0.2) is 42.2 Å². The Morgan fingerprint density at radius 2 is 2.12 bits per heavy atom. The van der Waals surface area contributed by atoms with E-state index in [1.807, 2.05) is 0 Å². The molecule has 0 unspecified atom stereocenters. The Morgan fingerprint density at radius 1 is 1.40 bits per heavy atom. The van der Waals surface area contributed by atoms with Crippen LogP contribution in [0.25, 0.3) is 6.08 Å². The van der Waals surface area contributed by atoms with Crippen LogP contribution < -0.4 is 5.32 Å². The summed E-state index contributed by atoms with van der Waals surface area (Å²) in [5.74, 6) is -0.603. The van der Waals surface area contributed by atoms with Crippen molar-refractivity contribution in [1.82, 2.24) is 9.78 Å². The van der Waals surface area contributed by atoms with Crippen LogP contribution in [0.4, 0.5) is 18.9 Å². The first-order valence-electron chi connectivity index (χ1n) is 7.03. The topological polar surface area (TPSA) is 70.7 Å². The minimum absolute atomic E-state index is 0.338. The molecule has 0 aliphatic carbocycles. The SMILES string of the molecule is N#C/C(=C/c1cnn(CCCl)c1)C(=O)Nc1ccccc1C(F)(F)F. The van der Waals surface area contributed by atoms with Gasteiger partial charge in [-0.3, -0.25) is 9.48 Å². The van der Waals surface area contributed by atoms with E-state index in [1.165, 1.54) is 29.1 Å². The molecule has 0 aliphatic rings. The average Bonchev–Trinajstić information content (AvgIpc) is 2.99. The number of anilines is 1. The van der Waals surface area contributed by atoms with Crippen molar-refractivity contribution in [3.8, 4) is 6.07 Å². The third-order valence-corrected chi connectivity index (χ3v) is 3.29. The fourth-order valence-corrected chi connectivity index (χ4v) is 2.18. The van der Waals surface area contributed by atoms with E-state index in [-0.39, 0.29) is 5.57 Å². The number of hydrogen-bond donors (Lipinski definition) is 1. The number of hydrogen-bond acceptors (Lipinski definition) is 3. The third-order valence-electron chi connectivity index (χ3n) is 3.12. The number of rotatable bonds is 5. The van der Waals surface area contributed by atoms with Gasteiger partial charge in [0, 0.05) is 17.6 Å². The summed E-state index contributed by atoms with van der Waals surface area (Å²) in [6, 6.07) is 6.21. The number of aryl methyl sites for hydroxylation is 1. The Morgan fingerprint density at radius 3 is 2.76 bits per heavy atom. The lowest BCUT2D eigenvalue weighted by Crippen LogP contribution is -2.17. The van der Waals surface area contributed by atoms with Crippen LogP contribution in [-0.4, -0.2) is 21.6 Å². The lowest BCUT2D eigenvalue weighted by atomic mass is 10.1. The van der Waals surface area contributed by atoms with Crippen LogP contribution in [0.3, 0.4) is 0 Å². The van der Waals surface area contributed by atoms with E-state index in [1.54, 1.807) is 12.3 Å². The minimum Gasteiger partial charge on any atom is -0.321 e. The standard InChI is InChI=1S/C16H12ClF3N4O/c17-5-6-24-10-11(9-22-24)7-12(8-21)15(25)23-14-4-2-1-3-13(14)16(18,19)20/h1-4,7,9-10H,5-6H2,(H,23,25)/b12-7-. The lowest BCUT2D eigenvalue weighted by molar-refractivity contribution is -0.137. The number of nitriles is 1. The normalized spacial score (nSPS) is 11.9. The van der Waals surface area contributed by atoms with Gasteiger partial charge in [-0.2, -0.15) is 23.5 Å². The zero-order valence-corrected chi connectivity index (χ0v) is 13.5. The summed E-state index contributed by atoms with van der Waals surface area (Å²) in [6.07, 6.45) is -0.399. The third kappa shape index (κ3) is 4.84. The van der Waals surface area contributed by atoms with E-state index >= 15 is 0 Å². The molecule has 0 radical (unpaired) electrons. The molecule has 1 amide bonds. The zero-order chi connectivity index (χ0) is 18.4. The minimum atomic E-state index is -4.62. The van der Waals surface area contributed by atoms with Crippen molar-refractivity contribution in [2.75, 3.05) is 11.2 Å². The molecule has 1 aromatic heterocycles. The Labute approximate surface area is 146 Å². The second kappa shape index (κ2) is 7.85. The van der Waals surface area contributed by atoms with Gasteiger partial charge in [-0.05, 0) is 18.2 Å². The number of carbonyl (C=O) groups is 1. The fourth-order valence-electron chi connectivity index (χ4n) is 2.01. The maximum Gasteiger partial charge on any atom is 0.418 e. The molecule has 0 atom stereocenters. The number of benzene rings is 1. The number of amides is 1. The van der Waals surface area contributed by atoms with Gasteiger partial charge < -0.3 is 5.32 Å². The summed E-state index contributed by atoms with van der Waals surface area (Å²) >= 11 is 5.59. The van der Waals surface area contributed by atoms with Gasteiger partial charge in [-0.15, -0.1) is 11.6 Å². The Bertz CT molecular complexity index is 836. The second-order valence-electron chi connectivity index (χ2n) is 4.89. The van der Waals surface area contributed by atoms with Crippen molar-refractivity contribution in [1.29, 1.82) is 5.26 Å². The molecule has 1 aromatic carbocycles. The van der Waals surface area contributed by atoms with Gasteiger partial charge in [0.05, 0.1) is 24.0 Å². The van der Waals surface area contributed by atoms with Crippen LogP contribution in [0.1, 0.15) is 11.1 Å². The van der Waals surface area contributed by atoms with E-state index in [0.29, 0.717) is 18.0 Å². The highest BCUT2D eigenvalue weighted by Gasteiger charge is 2.33. The van der Waals surface area contributed by atoms with Crippen LogP contribution in [-0.2, 0) is 17.5 Å². The number of nitrogens with one attached hydrogen (secondary N) is 1. The molecule has 5 nitrogen and oxygen atoms in total. The Hall–Kier alpha value is -2.79. The molecule has 0 fully saturated rings. The molecule has 0 saturated carbocycles. The Balaban J connectivity index is 2.24. The van der Waals surface area contributed by atoms with Crippen LogP contribution in [0, 0.1) is 11.3 Å². The molecule has 0 aliphatic heterocycles. The van der Waals surface area contributed by atoms with E-state index in [0.717, 1.165) is 12.1 Å². The van der Waals surface area contributed by atoms with Crippen molar-refractivity contribution < 1.29 is 18.0 Å². The summed E-state index contributed by atoms with van der Waals surface area (Å²) in [5.41, 5.74) is -1.29. The molecule has 25 heavy (non-hydrogen) atoms. The molecule has 130 valence electrons. The van der Waals surface area contributed by atoms with E-state index in [4.69, 9.17) is 16.9 Å². The first kappa shape index (κ1) is 18.5. The maximum absolute atomic E-state index is 13.0. The van der Waals surface area contributed by atoms with E-state index in [9.17, 15) is 18.0 Å². The number of aromatic nitrogens is 2. The molecular weight excluding hydrogens is 357 g/mol. The molecule has 0 saturated heterocycles. The number of halogens is 4. The molecule has 9 heteroatoms. The fraction of sp³-hybridized carbons (Fsp3) is 0.188. The summed E-state index contributed by atoms with van der Waals surface area (Å²) < 4.78 is 40.4. The summed E-state index contributed by atoms with van der Waals surface area (Å²) in [6.45, 7) is 0.447. The first-order chi connectivity index (χ1) is 11.8. The zero-order valence-electron chi connectivity index (χ0n) is 12.7. The molecule has 1 heterocycles. The van der Waals surface area contributed by atoms with Gasteiger partial charge >= 0.3 is 6.18 Å². The number of carbonyl (C=O) groups excluding carboxylic acids is 1. The van der Waals surface area contributed by atoms with Crippen LogP contribution in [0.5, 0.6) is 0 Å². The first-order valence-corrected chi connectivity index (χ1v) is 7.56. The molecule has 2 aromatic rings. The van der Waals surface area contributed by atoms with E-state index < -0.39 is 23.3 Å². The van der Waals surface area contributed by atoms with Gasteiger partial charge in [0.25, 0.3) is 5.91 Å². The highest BCUT2D eigenvalue weighted by molar-refractivity contribution is 6.17. The van der Waals surface area contributed by atoms with Crippen molar-refractivity contribution in [3.05, 3.63) is 53.4 Å². The lowest BCUT2D eigenvalue weighted by Gasteiger charge is -2.13. The summed E-state index contributed by atoms with van der Waals surface area (Å²) in [7, 11) is 0. The Kier molecular flexibility index (Phi) is 5.83. The molecule has 0 spiro atoms. The monoisotopic (exact) mass is 368 g/mol. The number of nitrogens with zero attached hydrogens (tertiary/aromatic N) is 3. The highest BCUT2D eigenvalue weighted by Crippen LogP contribution is 2.34. The largest absolute Gasteiger partial charge is 0.418 e. The van der Waals surface area contributed by atoms with Gasteiger partial charge in [0.2, 0.25) is 0 Å². The van der Waals surface area contributed by atoms with Crippen molar-refractivity contribution in [3.63, 3.8) is 0 Å². The van der Waals surface area contributed by atoms with Crippen molar-refractivity contribution in [2.24, 2.45) is 0 Å². The molecule has 0 bridgehead atoms. The summed E-state index contributed by atoms with van der Waals surface area (Å²) in [5, 5.41) is 15.2. The van der Waals surface area contributed by atoms with Gasteiger partial charge in [0.1, 0.15) is 11.6 Å². The van der Waals surface area contributed by atoms with Crippen LogP contribution in [0.2, 0.25) is 0 Å². The van der Waals surface area contributed by atoms with Crippen LogP contribution >= 0.6 is 11.6 Å². The highest BCUT2D eigenvalue weighted by atomic mass is 35.5. The van der Waals surface area contributed by atoms with Crippen molar-refractivity contribution in [2.45, 2.75) is 12.7 Å². The van der Waals surface area contributed by atoms with Crippen molar-refractivity contribution >= 4 is 29.3 Å². The van der Waals surface area contributed by atoms with Gasteiger partial charge in [0.15, 0.2) is 0 Å².